The lowest BCUT2D eigenvalue weighted by Gasteiger charge is -2.42. The molecule has 0 radical (unpaired) electrons. The molecule has 3 saturated heterocycles. The van der Waals surface area contributed by atoms with Crippen LogP contribution < -0.4 is 0 Å². The minimum Gasteiger partial charge on any atom is -0.379 e. The van der Waals surface area contributed by atoms with Crippen molar-refractivity contribution in [3.05, 3.63) is 0 Å². The van der Waals surface area contributed by atoms with Gasteiger partial charge in [-0.15, -0.1) is 0 Å². The van der Waals surface area contributed by atoms with Crippen LogP contribution in [0.1, 0.15) is 133 Å². The molecule has 0 saturated carbocycles. The Morgan fingerprint density at radius 3 is 1.40 bits per heavy atom. The van der Waals surface area contributed by atoms with Crippen molar-refractivity contribution in [2.45, 2.75) is 162 Å². The van der Waals surface area contributed by atoms with Crippen molar-refractivity contribution in [2.75, 3.05) is 72.2 Å². The zero-order valence-electron chi connectivity index (χ0n) is 30.2. The second-order valence-corrected chi connectivity index (χ2v) is 14.7. The summed E-state index contributed by atoms with van der Waals surface area (Å²) in [6.45, 7) is 30.8. The van der Waals surface area contributed by atoms with E-state index in [9.17, 15) is 4.39 Å². The third-order valence-corrected chi connectivity index (χ3v) is 8.83. The highest BCUT2D eigenvalue weighted by Crippen LogP contribution is 2.27. The first-order chi connectivity index (χ1) is 20.3. The molecule has 7 heteroatoms. The third kappa shape index (κ3) is 22.0. The van der Waals surface area contributed by atoms with Gasteiger partial charge in [0.2, 0.25) is 0 Å². The molecule has 0 amide bonds. The normalized spacial score (nSPS) is 21.4. The fourth-order valence-electron chi connectivity index (χ4n) is 5.95. The van der Waals surface area contributed by atoms with Crippen molar-refractivity contribution >= 4 is 0 Å². The predicted molar refractivity (Wildman–Crippen MR) is 182 cm³/mol. The lowest BCUT2D eigenvalue weighted by Crippen LogP contribution is -2.47. The molecule has 0 aromatic rings. The summed E-state index contributed by atoms with van der Waals surface area (Å²) in [5.74, 6) is 0. The van der Waals surface area contributed by atoms with E-state index >= 15 is 0 Å². The largest absolute Gasteiger partial charge is 0.379 e. The van der Waals surface area contributed by atoms with E-state index in [0.717, 1.165) is 45.9 Å². The second-order valence-electron chi connectivity index (χ2n) is 14.7. The summed E-state index contributed by atoms with van der Waals surface area (Å²) in [5.41, 5.74) is -0.513. The third-order valence-electron chi connectivity index (χ3n) is 8.83. The van der Waals surface area contributed by atoms with Gasteiger partial charge in [-0.3, -0.25) is 4.90 Å². The minimum absolute atomic E-state index is 0.320. The lowest BCUT2D eigenvalue weighted by molar-refractivity contribution is 0.0423. The van der Waals surface area contributed by atoms with Crippen molar-refractivity contribution in [3.8, 4) is 0 Å². The molecule has 0 spiro atoms. The van der Waals surface area contributed by atoms with Crippen molar-refractivity contribution in [1.82, 2.24) is 14.7 Å². The molecule has 0 aliphatic carbocycles. The van der Waals surface area contributed by atoms with Crippen LogP contribution in [0.5, 0.6) is 0 Å². The maximum absolute atomic E-state index is 13.5. The average molecular weight is 616 g/mol. The van der Waals surface area contributed by atoms with Gasteiger partial charge in [0.1, 0.15) is 5.67 Å². The van der Waals surface area contributed by atoms with Crippen LogP contribution >= 0.6 is 0 Å². The fourth-order valence-corrected chi connectivity index (χ4v) is 5.95. The summed E-state index contributed by atoms with van der Waals surface area (Å²) in [4.78, 5) is 7.53. The van der Waals surface area contributed by atoms with Crippen LogP contribution in [0.3, 0.4) is 0 Å². The van der Waals surface area contributed by atoms with Gasteiger partial charge in [0.15, 0.2) is 0 Å². The van der Waals surface area contributed by atoms with Gasteiger partial charge in [-0.1, -0.05) is 12.8 Å². The molecule has 6 nitrogen and oxygen atoms in total. The molecule has 3 heterocycles. The zero-order valence-corrected chi connectivity index (χ0v) is 30.2. The first-order valence-corrected chi connectivity index (χ1v) is 18.0. The first-order valence-electron chi connectivity index (χ1n) is 18.0. The van der Waals surface area contributed by atoms with E-state index in [4.69, 9.17) is 14.2 Å². The molecule has 0 atom stereocenters. The van der Waals surface area contributed by atoms with Gasteiger partial charge in [-0.25, -0.2) is 4.39 Å². The standard InChI is InChI=1S/C13H27NO.C12H24FNO.C11H23NO/c1-12(2)15-11-7-10-14-9-6-5-8-13(14,3)4;1-11(2)15-10-4-7-14-8-5-12(3,13)6-9-14;1-11(2)13-10-6-9-12-7-4-3-5-8-12/h12H,5-11H2,1-4H3;11H,4-10H2,1-3H3;11H,3-10H2,1-2H3. The number of piperidine rings is 3. The molecule has 3 aliphatic rings. The Morgan fingerprint density at radius 2 is 0.953 bits per heavy atom. The Bertz CT molecular complexity index is 644. The van der Waals surface area contributed by atoms with Crippen LogP contribution in [0.15, 0.2) is 0 Å². The Morgan fingerprint density at radius 1 is 0.535 bits per heavy atom. The molecule has 3 aliphatic heterocycles. The van der Waals surface area contributed by atoms with Crippen LogP contribution in [-0.4, -0.2) is 116 Å². The molecule has 3 rings (SSSR count). The van der Waals surface area contributed by atoms with Gasteiger partial charge < -0.3 is 24.0 Å². The number of alkyl halides is 1. The first kappa shape index (κ1) is 40.7. The van der Waals surface area contributed by atoms with Gasteiger partial charge in [-0.05, 0) is 140 Å². The maximum atomic E-state index is 13.5. The van der Waals surface area contributed by atoms with E-state index < -0.39 is 5.67 Å². The van der Waals surface area contributed by atoms with Crippen molar-refractivity contribution in [2.24, 2.45) is 0 Å². The van der Waals surface area contributed by atoms with Gasteiger partial charge in [0.05, 0.1) is 18.3 Å². The quantitative estimate of drug-likeness (QED) is 0.174. The molecule has 3 fully saturated rings. The molecular formula is C36H74FN3O3. The van der Waals surface area contributed by atoms with E-state index in [1.54, 1.807) is 6.92 Å². The van der Waals surface area contributed by atoms with Crippen LogP contribution in [0.2, 0.25) is 0 Å². The van der Waals surface area contributed by atoms with Crippen LogP contribution in [0.25, 0.3) is 0 Å². The molecule has 0 N–H and O–H groups in total. The molecule has 0 unspecified atom stereocenters. The monoisotopic (exact) mass is 616 g/mol. The highest BCUT2D eigenvalue weighted by Gasteiger charge is 2.29. The Balaban J connectivity index is 0.000000324. The Hall–Kier alpha value is -0.310. The van der Waals surface area contributed by atoms with E-state index in [-0.39, 0.29) is 0 Å². The lowest BCUT2D eigenvalue weighted by atomic mass is 9.90. The van der Waals surface area contributed by atoms with Crippen LogP contribution in [0.4, 0.5) is 4.39 Å². The van der Waals surface area contributed by atoms with Crippen molar-refractivity contribution < 1.29 is 18.6 Å². The van der Waals surface area contributed by atoms with E-state index in [1.807, 2.05) is 0 Å². The van der Waals surface area contributed by atoms with Gasteiger partial charge in [-0.2, -0.15) is 0 Å². The highest BCUT2D eigenvalue weighted by molar-refractivity contribution is 4.85. The number of halogens is 1. The summed E-state index contributed by atoms with van der Waals surface area (Å²) >= 11 is 0. The summed E-state index contributed by atoms with van der Waals surface area (Å²) in [7, 11) is 0. The summed E-state index contributed by atoms with van der Waals surface area (Å²) in [6.07, 6.45) is 14.2. The Labute approximate surface area is 267 Å². The topological polar surface area (TPSA) is 37.4 Å². The number of nitrogens with zero attached hydrogens (tertiary/aromatic N) is 3. The second kappa shape index (κ2) is 23.1. The fraction of sp³-hybridized carbons (Fsp3) is 1.00. The SMILES string of the molecule is CC(C)OCCCN1CCC(C)(F)CC1.CC(C)OCCCN1CCCCC1.CC(C)OCCCN1CCCCC1(C)C. The van der Waals surface area contributed by atoms with E-state index in [0.29, 0.717) is 36.7 Å². The minimum atomic E-state index is -0.926. The van der Waals surface area contributed by atoms with Gasteiger partial charge in [0, 0.05) is 58.1 Å². The smallest absolute Gasteiger partial charge is 0.110 e. The van der Waals surface area contributed by atoms with Crippen molar-refractivity contribution in [1.29, 1.82) is 0 Å². The van der Waals surface area contributed by atoms with Crippen LogP contribution in [0, 0.1) is 0 Å². The molecule has 0 bridgehead atoms. The predicted octanol–water partition coefficient (Wildman–Crippen LogP) is 7.98. The van der Waals surface area contributed by atoms with E-state index in [2.05, 4.69) is 70.1 Å². The number of hydrogen-bond acceptors (Lipinski definition) is 6. The molecule has 258 valence electrons. The van der Waals surface area contributed by atoms with Crippen molar-refractivity contribution in [3.63, 3.8) is 0 Å². The molecular weight excluding hydrogens is 541 g/mol. The zero-order chi connectivity index (χ0) is 32.1. The van der Waals surface area contributed by atoms with Gasteiger partial charge >= 0.3 is 0 Å². The maximum Gasteiger partial charge on any atom is 0.110 e. The van der Waals surface area contributed by atoms with E-state index in [1.165, 1.54) is 84.1 Å². The summed E-state index contributed by atoms with van der Waals surface area (Å²) < 4.78 is 30.0. The highest BCUT2D eigenvalue weighted by atomic mass is 19.1. The molecule has 0 aromatic carbocycles. The number of likely N-dealkylation sites (tertiary alicyclic amines) is 3. The number of hydrogen-bond donors (Lipinski definition) is 0. The summed E-state index contributed by atoms with van der Waals surface area (Å²) in [6, 6.07) is 0. The number of rotatable bonds is 15. The summed E-state index contributed by atoms with van der Waals surface area (Å²) in [5, 5.41) is 0. The van der Waals surface area contributed by atoms with Gasteiger partial charge in [0.25, 0.3) is 0 Å². The van der Waals surface area contributed by atoms with Crippen LogP contribution in [-0.2, 0) is 14.2 Å². The Kier molecular flexibility index (Phi) is 21.9. The molecule has 0 aromatic heterocycles. The number of ether oxygens (including phenoxy) is 3. The molecule has 43 heavy (non-hydrogen) atoms. The average Bonchev–Trinajstić information content (AvgIpc) is 2.94.